The first-order valence-corrected chi connectivity index (χ1v) is 4.85. The minimum atomic E-state index is 0.316. The van der Waals surface area contributed by atoms with Gasteiger partial charge in [0.05, 0.1) is 0 Å². The normalized spacial score (nSPS) is 43.3. The zero-order valence-electron chi connectivity index (χ0n) is 9.36. The first kappa shape index (κ1) is 9.83. The lowest BCUT2D eigenvalue weighted by Gasteiger charge is -2.70. The number of hydrogen-bond donors (Lipinski definition) is 0. The Morgan fingerprint density at radius 3 is 1.67 bits per heavy atom. The number of rotatable bonds is 1. The first-order chi connectivity index (χ1) is 5.22. The SMILES string of the molecule is C=CC1(C)C(C)C(C)(C)C1(C)C. The second kappa shape index (κ2) is 2.16. The Hall–Kier alpha value is -0.260. The van der Waals surface area contributed by atoms with Gasteiger partial charge in [-0.25, -0.2) is 0 Å². The number of allylic oxidation sites excluding steroid dienone is 1. The largest absolute Gasteiger partial charge is 0.103 e. The van der Waals surface area contributed by atoms with Crippen LogP contribution in [0, 0.1) is 22.2 Å². The highest BCUT2D eigenvalue weighted by atomic mass is 14.7. The number of hydrogen-bond acceptors (Lipinski definition) is 0. The molecule has 2 unspecified atom stereocenters. The molecule has 0 aromatic carbocycles. The fourth-order valence-electron chi connectivity index (χ4n) is 2.88. The summed E-state index contributed by atoms with van der Waals surface area (Å²) < 4.78 is 0. The van der Waals surface area contributed by atoms with Crippen LogP contribution in [0.4, 0.5) is 0 Å². The van der Waals surface area contributed by atoms with Crippen LogP contribution in [0.5, 0.6) is 0 Å². The summed E-state index contributed by atoms with van der Waals surface area (Å²) in [5, 5.41) is 0. The van der Waals surface area contributed by atoms with Crippen molar-refractivity contribution in [3.05, 3.63) is 12.7 Å². The first-order valence-electron chi connectivity index (χ1n) is 4.85. The maximum absolute atomic E-state index is 3.97. The van der Waals surface area contributed by atoms with Crippen LogP contribution < -0.4 is 0 Å². The van der Waals surface area contributed by atoms with Crippen molar-refractivity contribution in [2.75, 3.05) is 0 Å². The zero-order chi connectivity index (χ0) is 9.78. The van der Waals surface area contributed by atoms with Crippen molar-refractivity contribution in [1.29, 1.82) is 0 Å². The standard InChI is InChI=1S/C12H22/c1-8-12(7)9(2)10(3,4)11(12,5)6/h8-9H,1H2,2-7H3. The van der Waals surface area contributed by atoms with Crippen LogP contribution in [0.1, 0.15) is 41.5 Å². The van der Waals surface area contributed by atoms with E-state index < -0.39 is 0 Å². The van der Waals surface area contributed by atoms with Gasteiger partial charge in [-0.1, -0.05) is 47.6 Å². The Kier molecular flexibility index (Phi) is 1.77. The Morgan fingerprint density at radius 2 is 1.50 bits per heavy atom. The van der Waals surface area contributed by atoms with E-state index in [2.05, 4.69) is 54.2 Å². The molecule has 1 aliphatic rings. The Bertz CT molecular complexity index is 210. The van der Waals surface area contributed by atoms with Crippen molar-refractivity contribution in [2.24, 2.45) is 22.2 Å². The summed E-state index contributed by atoms with van der Waals surface area (Å²) in [6.07, 6.45) is 2.14. The molecule has 70 valence electrons. The molecule has 1 aliphatic carbocycles. The van der Waals surface area contributed by atoms with Crippen molar-refractivity contribution in [1.82, 2.24) is 0 Å². The molecule has 0 amide bonds. The molecule has 0 aromatic rings. The van der Waals surface area contributed by atoms with Gasteiger partial charge in [-0.15, -0.1) is 6.58 Å². The molecule has 1 saturated carbocycles. The summed E-state index contributed by atoms with van der Waals surface area (Å²) in [6, 6.07) is 0. The van der Waals surface area contributed by atoms with Gasteiger partial charge in [-0.05, 0) is 22.2 Å². The molecule has 0 radical (unpaired) electrons. The van der Waals surface area contributed by atoms with Gasteiger partial charge in [-0.3, -0.25) is 0 Å². The average molecular weight is 166 g/mol. The fourth-order valence-corrected chi connectivity index (χ4v) is 2.88. The lowest BCUT2D eigenvalue weighted by molar-refractivity contribution is -0.200. The highest BCUT2D eigenvalue weighted by Crippen LogP contribution is 2.71. The highest BCUT2D eigenvalue weighted by molar-refractivity contribution is 5.20. The molecule has 0 nitrogen and oxygen atoms in total. The molecule has 0 aliphatic heterocycles. The molecule has 0 bridgehead atoms. The maximum Gasteiger partial charge on any atom is -0.00620 e. The van der Waals surface area contributed by atoms with Crippen molar-refractivity contribution < 1.29 is 0 Å². The van der Waals surface area contributed by atoms with Gasteiger partial charge in [0.25, 0.3) is 0 Å². The van der Waals surface area contributed by atoms with Crippen LogP contribution in [0.15, 0.2) is 12.7 Å². The lowest BCUT2D eigenvalue weighted by atomic mass is 9.34. The fraction of sp³-hybridized carbons (Fsp3) is 0.833. The van der Waals surface area contributed by atoms with E-state index in [1.807, 2.05) is 0 Å². The van der Waals surface area contributed by atoms with E-state index in [0.717, 1.165) is 5.92 Å². The predicted octanol–water partition coefficient (Wildman–Crippen LogP) is 3.88. The van der Waals surface area contributed by atoms with Crippen LogP contribution in [-0.4, -0.2) is 0 Å². The predicted molar refractivity (Wildman–Crippen MR) is 55.0 cm³/mol. The second-order valence-electron chi connectivity index (χ2n) is 5.56. The molecular formula is C12H22. The summed E-state index contributed by atoms with van der Waals surface area (Å²) in [4.78, 5) is 0. The van der Waals surface area contributed by atoms with Gasteiger partial charge >= 0.3 is 0 Å². The Morgan fingerprint density at radius 1 is 1.08 bits per heavy atom. The maximum atomic E-state index is 3.97. The van der Waals surface area contributed by atoms with Crippen LogP contribution in [0.25, 0.3) is 0 Å². The topological polar surface area (TPSA) is 0 Å². The zero-order valence-corrected chi connectivity index (χ0v) is 9.36. The van der Waals surface area contributed by atoms with Gasteiger partial charge in [0.1, 0.15) is 0 Å². The van der Waals surface area contributed by atoms with Crippen molar-refractivity contribution in [2.45, 2.75) is 41.5 Å². The highest BCUT2D eigenvalue weighted by Gasteiger charge is 2.65. The van der Waals surface area contributed by atoms with Crippen LogP contribution in [0.2, 0.25) is 0 Å². The third-order valence-corrected chi connectivity index (χ3v) is 5.36. The molecule has 2 atom stereocenters. The van der Waals surface area contributed by atoms with E-state index >= 15 is 0 Å². The molecule has 0 N–H and O–H groups in total. The van der Waals surface area contributed by atoms with E-state index in [1.54, 1.807) is 0 Å². The molecule has 0 aromatic heterocycles. The minimum Gasteiger partial charge on any atom is -0.103 e. The molecule has 0 heterocycles. The van der Waals surface area contributed by atoms with Crippen LogP contribution in [-0.2, 0) is 0 Å². The van der Waals surface area contributed by atoms with Crippen molar-refractivity contribution in [3.63, 3.8) is 0 Å². The lowest BCUT2D eigenvalue weighted by Crippen LogP contribution is -2.64. The summed E-state index contributed by atoms with van der Waals surface area (Å²) in [5.41, 5.74) is 1.13. The monoisotopic (exact) mass is 166 g/mol. The quantitative estimate of drug-likeness (QED) is 0.519. The van der Waals surface area contributed by atoms with E-state index in [9.17, 15) is 0 Å². The van der Waals surface area contributed by atoms with E-state index in [0.29, 0.717) is 16.2 Å². The van der Waals surface area contributed by atoms with E-state index in [1.165, 1.54) is 0 Å². The third kappa shape index (κ3) is 0.694. The van der Waals surface area contributed by atoms with Gasteiger partial charge in [0.2, 0.25) is 0 Å². The van der Waals surface area contributed by atoms with Crippen molar-refractivity contribution >= 4 is 0 Å². The molecular weight excluding hydrogens is 144 g/mol. The second-order valence-corrected chi connectivity index (χ2v) is 5.56. The minimum absolute atomic E-state index is 0.316. The Labute approximate surface area is 77.1 Å². The summed E-state index contributed by atoms with van der Waals surface area (Å²) in [5.74, 6) is 0.734. The van der Waals surface area contributed by atoms with Crippen LogP contribution in [0.3, 0.4) is 0 Å². The van der Waals surface area contributed by atoms with Crippen molar-refractivity contribution in [3.8, 4) is 0 Å². The third-order valence-electron chi connectivity index (χ3n) is 5.36. The van der Waals surface area contributed by atoms with Crippen LogP contribution >= 0.6 is 0 Å². The molecule has 1 rings (SSSR count). The summed E-state index contributed by atoms with van der Waals surface area (Å²) in [6.45, 7) is 18.1. The molecule has 0 saturated heterocycles. The summed E-state index contributed by atoms with van der Waals surface area (Å²) >= 11 is 0. The van der Waals surface area contributed by atoms with E-state index in [4.69, 9.17) is 0 Å². The Balaban J connectivity index is 3.07. The smallest absolute Gasteiger partial charge is 0.00620 e. The van der Waals surface area contributed by atoms with E-state index in [-0.39, 0.29) is 0 Å². The van der Waals surface area contributed by atoms with Gasteiger partial charge in [0.15, 0.2) is 0 Å². The molecule has 0 spiro atoms. The average Bonchev–Trinajstić information content (AvgIpc) is 2.00. The molecule has 12 heavy (non-hydrogen) atoms. The van der Waals surface area contributed by atoms with Gasteiger partial charge < -0.3 is 0 Å². The van der Waals surface area contributed by atoms with Gasteiger partial charge in [-0.2, -0.15) is 0 Å². The summed E-state index contributed by atoms with van der Waals surface area (Å²) in [7, 11) is 0. The molecule has 0 heteroatoms. The van der Waals surface area contributed by atoms with Gasteiger partial charge in [0, 0.05) is 0 Å². The molecule has 1 fully saturated rings.